The van der Waals surface area contributed by atoms with E-state index in [4.69, 9.17) is 4.74 Å². The molecule has 2 nitrogen and oxygen atoms in total. The van der Waals surface area contributed by atoms with Crippen molar-refractivity contribution in [2.24, 2.45) is 5.92 Å². The Kier molecular flexibility index (Phi) is 12.3. The van der Waals surface area contributed by atoms with Gasteiger partial charge in [-0.05, 0) is 38.6 Å². The average Bonchev–Trinajstić information content (AvgIpc) is 2.33. The van der Waals surface area contributed by atoms with Crippen molar-refractivity contribution in [3.05, 3.63) is 0 Å². The van der Waals surface area contributed by atoms with Gasteiger partial charge in [0, 0.05) is 19.3 Å². The normalized spacial score (nSPS) is 14.8. The van der Waals surface area contributed by atoms with E-state index in [1.165, 1.54) is 38.5 Å². The molecule has 0 radical (unpaired) electrons. The van der Waals surface area contributed by atoms with Crippen LogP contribution in [0.3, 0.4) is 0 Å². The Morgan fingerprint density at radius 3 is 2.41 bits per heavy atom. The summed E-state index contributed by atoms with van der Waals surface area (Å²) >= 11 is 0. The van der Waals surface area contributed by atoms with Crippen molar-refractivity contribution in [3.8, 4) is 0 Å². The lowest BCUT2D eigenvalue weighted by Crippen LogP contribution is -2.25. The summed E-state index contributed by atoms with van der Waals surface area (Å²) in [6.45, 7) is 11.9. The van der Waals surface area contributed by atoms with Gasteiger partial charge in [-0.1, -0.05) is 40.0 Å². The Hall–Kier alpha value is -0.0800. The number of rotatable bonds is 12. The standard InChI is InChI=1S/C15H33NO/c1-5-8-11-15(6-2)13-17-12-9-10-14(4)16-7-3/h14-16H,5-13H2,1-4H3. The van der Waals surface area contributed by atoms with E-state index in [1.54, 1.807) is 0 Å². The molecule has 0 aliphatic carbocycles. The van der Waals surface area contributed by atoms with E-state index in [1.807, 2.05) is 0 Å². The van der Waals surface area contributed by atoms with E-state index in [2.05, 4.69) is 33.0 Å². The van der Waals surface area contributed by atoms with Crippen LogP contribution < -0.4 is 5.32 Å². The summed E-state index contributed by atoms with van der Waals surface area (Å²) in [5.41, 5.74) is 0. The maximum Gasteiger partial charge on any atom is 0.0494 e. The maximum atomic E-state index is 5.78. The second-order valence-electron chi connectivity index (χ2n) is 5.09. The van der Waals surface area contributed by atoms with Gasteiger partial charge in [0.1, 0.15) is 0 Å². The minimum Gasteiger partial charge on any atom is -0.381 e. The highest BCUT2D eigenvalue weighted by molar-refractivity contribution is 4.59. The van der Waals surface area contributed by atoms with Crippen molar-refractivity contribution >= 4 is 0 Å². The molecule has 0 aromatic carbocycles. The average molecular weight is 243 g/mol. The van der Waals surface area contributed by atoms with Gasteiger partial charge in [-0.3, -0.25) is 0 Å². The zero-order chi connectivity index (χ0) is 12.9. The molecule has 0 amide bonds. The van der Waals surface area contributed by atoms with E-state index in [9.17, 15) is 0 Å². The summed E-state index contributed by atoms with van der Waals surface area (Å²) in [4.78, 5) is 0. The van der Waals surface area contributed by atoms with Crippen LogP contribution in [-0.2, 0) is 4.74 Å². The molecule has 0 rings (SSSR count). The smallest absolute Gasteiger partial charge is 0.0494 e. The third-order valence-corrected chi connectivity index (χ3v) is 3.38. The summed E-state index contributed by atoms with van der Waals surface area (Å²) in [5, 5.41) is 3.43. The van der Waals surface area contributed by atoms with Crippen LogP contribution in [0, 0.1) is 5.92 Å². The lowest BCUT2D eigenvalue weighted by molar-refractivity contribution is 0.0899. The molecule has 0 aliphatic heterocycles. The molecule has 2 heteroatoms. The summed E-state index contributed by atoms with van der Waals surface area (Å²) < 4.78 is 5.78. The Morgan fingerprint density at radius 2 is 1.82 bits per heavy atom. The largest absolute Gasteiger partial charge is 0.381 e. The van der Waals surface area contributed by atoms with Gasteiger partial charge in [0.15, 0.2) is 0 Å². The Labute approximate surface area is 109 Å². The van der Waals surface area contributed by atoms with E-state index in [-0.39, 0.29) is 0 Å². The molecule has 0 fully saturated rings. The molecule has 17 heavy (non-hydrogen) atoms. The molecule has 2 atom stereocenters. The molecule has 0 spiro atoms. The van der Waals surface area contributed by atoms with Crippen molar-refractivity contribution in [2.75, 3.05) is 19.8 Å². The molecule has 104 valence electrons. The molecule has 0 aliphatic rings. The predicted octanol–water partition coefficient (Wildman–Crippen LogP) is 4.00. The second-order valence-corrected chi connectivity index (χ2v) is 5.09. The van der Waals surface area contributed by atoms with Crippen molar-refractivity contribution in [2.45, 2.75) is 72.3 Å². The van der Waals surface area contributed by atoms with Gasteiger partial charge in [0.25, 0.3) is 0 Å². The van der Waals surface area contributed by atoms with Gasteiger partial charge in [-0.25, -0.2) is 0 Å². The highest BCUT2D eigenvalue weighted by Gasteiger charge is 2.06. The van der Waals surface area contributed by atoms with E-state index >= 15 is 0 Å². The van der Waals surface area contributed by atoms with Crippen LogP contribution in [0.5, 0.6) is 0 Å². The quantitative estimate of drug-likeness (QED) is 0.523. The van der Waals surface area contributed by atoms with Crippen LogP contribution in [0.15, 0.2) is 0 Å². The van der Waals surface area contributed by atoms with E-state index < -0.39 is 0 Å². The lowest BCUT2D eigenvalue weighted by Gasteiger charge is -2.15. The van der Waals surface area contributed by atoms with Crippen LogP contribution in [0.25, 0.3) is 0 Å². The number of ether oxygens (including phenoxy) is 1. The van der Waals surface area contributed by atoms with Crippen LogP contribution in [0.4, 0.5) is 0 Å². The topological polar surface area (TPSA) is 21.3 Å². The monoisotopic (exact) mass is 243 g/mol. The third kappa shape index (κ3) is 10.8. The van der Waals surface area contributed by atoms with Gasteiger partial charge < -0.3 is 10.1 Å². The molecule has 1 N–H and O–H groups in total. The fourth-order valence-corrected chi connectivity index (χ4v) is 2.09. The molecular formula is C15H33NO. The lowest BCUT2D eigenvalue weighted by atomic mass is 10.0. The Balaban J connectivity index is 3.35. The Bertz CT molecular complexity index is 150. The van der Waals surface area contributed by atoms with Gasteiger partial charge in [0.2, 0.25) is 0 Å². The number of nitrogens with one attached hydrogen (secondary N) is 1. The summed E-state index contributed by atoms with van der Waals surface area (Å²) in [5.74, 6) is 0.779. The van der Waals surface area contributed by atoms with Crippen LogP contribution in [0.2, 0.25) is 0 Å². The first-order chi connectivity index (χ1) is 8.24. The molecule has 0 saturated carbocycles. The number of unbranched alkanes of at least 4 members (excludes halogenated alkanes) is 1. The van der Waals surface area contributed by atoms with Crippen LogP contribution >= 0.6 is 0 Å². The van der Waals surface area contributed by atoms with Crippen LogP contribution in [-0.4, -0.2) is 25.8 Å². The SMILES string of the molecule is CCCCC(CC)COCCCC(C)NCC. The molecular weight excluding hydrogens is 210 g/mol. The summed E-state index contributed by atoms with van der Waals surface area (Å²) in [7, 11) is 0. The van der Waals surface area contributed by atoms with Gasteiger partial charge in [-0.15, -0.1) is 0 Å². The molecule has 0 bridgehead atoms. The summed E-state index contributed by atoms with van der Waals surface area (Å²) in [6.07, 6.45) is 7.64. The molecule has 2 unspecified atom stereocenters. The fourth-order valence-electron chi connectivity index (χ4n) is 2.09. The summed E-state index contributed by atoms with van der Waals surface area (Å²) in [6, 6.07) is 0.630. The first-order valence-electron chi connectivity index (χ1n) is 7.55. The van der Waals surface area contributed by atoms with Gasteiger partial charge in [-0.2, -0.15) is 0 Å². The molecule has 0 heterocycles. The number of hydrogen-bond donors (Lipinski definition) is 1. The first kappa shape index (κ1) is 16.9. The van der Waals surface area contributed by atoms with Crippen molar-refractivity contribution in [3.63, 3.8) is 0 Å². The molecule has 0 aromatic heterocycles. The van der Waals surface area contributed by atoms with Crippen molar-refractivity contribution < 1.29 is 4.74 Å². The van der Waals surface area contributed by atoms with E-state index in [0.717, 1.165) is 25.7 Å². The first-order valence-corrected chi connectivity index (χ1v) is 7.55. The highest BCUT2D eigenvalue weighted by Crippen LogP contribution is 2.13. The minimum atomic E-state index is 0.630. The zero-order valence-corrected chi connectivity index (χ0v) is 12.4. The highest BCUT2D eigenvalue weighted by atomic mass is 16.5. The van der Waals surface area contributed by atoms with E-state index in [0.29, 0.717) is 6.04 Å². The van der Waals surface area contributed by atoms with Crippen LogP contribution in [0.1, 0.15) is 66.2 Å². The Morgan fingerprint density at radius 1 is 1.06 bits per heavy atom. The van der Waals surface area contributed by atoms with Crippen molar-refractivity contribution in [1.82, 2.24) is 5.32 Å². The maximum absolute atomic E-state index is 5.78. The molecule has 0 aromatic rings. The third-order valence-electron chi connectivity index (χ3n) is 3.38. The predicted molar refractivity (Wildman–Crippen MR) is 76.5 cm³/mol. The van der Waals surface area contributed by atoms with Gasteiger partial charge in [0.05, 0.1) is 0 Å². The fraction of sp³-hybridized carbons (Fsp3) is 1.00. The van der Waals surface area contributed by atoms with Gasteiger partial charge >= 0.3 is 0 Å². The zero-order valence-electron chi connectivity index (χ0n) is 12.4. The minimum absolute atomic E-state index is 0.630. The number of hydrogen-bond acceptors (Lipinski definition) is 2. The van der Waals surface area contributed by atoms with Crippen molar-refractivity contribution in [1.29, 1.82) is 0 Å². The second kappa shape index (κ2) is 12.4. The molecule has 0 saturated heterocycles.